The number of anilines is 1. The zero-order valence-electron chi connectivity index (χ0n) is 9.39. The molecule has 0 radical (unpaired) electrons. The first-order valence-corrected chi connectivity index (χ1v) is 5.95. The number of para-hydroxylation sites is 1. The maximum absolute atomic E-state index is 6.42. The van der Waals surface area contributed by atoms with E-state index in [4.69, 9.17) is 5.73 Å². The van der Waals surface area contributed by atoms with E-state index in [0.29, 0.717) is 0 Å². The average Bonchev–Trinajstić information content (AvgIpc) is 2.79. The summed E-state index contributed by atoms with van der Waals surface area (Å²) in [5.74, 6) is 0. The molecule has 16 heavy (non-hydrogen) atoms. The fourth-order valence-electron chi connectivity index (χ4n) is 2.53. The Hall–Kier alpha value is -1.35. The Morgan fingerprint density at radius 1 is 1.25 bits per heavy atom. The van der Waals surface area contributed by atoms with Crippen molar-refractivity contribution in [2.75, 3.05) is 18.0 Å². The predicted molar refractivity (Wildman–Crippen MR) is 66.9 cm³/mol. The van der Waals surface area contributed by atoms with E-state index >= 15 is 0 Å². The number of hydrogen-bond donors (Lipinski definition) is 1. The Morgan fingerprint density at radius 2 is 2.06 bits per heavy atom. The van der Waals surface area contributed by atoms with Gasteiger partial charge in [0.05, 0.1) is 12.9 Å². The molecule has 1 heterocycles. The van der Waals surface area contributed by atoms with Gasteiger partial charge in [-0.25, -0.2) is 0 Å². The molecule has 3 rings (SSSR count). The van der Waals surface area contributed by atoms with Crippen LogP contribution in [0.1, 0.15) is 24.8 Å². The van der Waals surface area contributed by atoms with E-state index in [0.717, 1.165) is 25.9 Å². The van der Waals surface area contributed by atoms with Crippen molar-refractivity contribution in [2.24, 2.45) is 10.7 Å². The summed E-state index contributed by atoms with van der Waals surface area (Å²) in [7, 11) is 0. The van der Waals surface area contributed by atoms with Crippen LogP contribution in [-0.4, -0.2) is 19.4 Å². The van der Waals surface area contributed by atoms with E-state index in [9.17, 15) is 0 Å². The van der Waals surface area contributed by atoms with E-state index in [1.807, 2.05) is 6.34 Å². The summed E-state index contributed by atoms with van der Waals surface area (Å²) in [5, 5.41) is 0. The van der Waals surface area contributed by atoms with Crippen LogP contribution < -0.4 is 10.6 Å². The second kappa shape index (κ2) is 3.59. The third-order valence-corrected chi connectivity index (χ3v) is 3.69. The summed E-state index contributed by atoms with van der Waals surface area (Å²) in [4.78, 5) is 6.48. The van der Waals surface area contributed by atoms with Gasteiger partial charge in [0.15, 0.2) is 0 Å². The molecule has 1 saturated carbocycles. The molecule has 0 amide bonds. The Morgan fingerprint density at radius 3 is 2.69 bits per heavy atom. The summed E-state index contributed by atoms with van der Waals surface area (Å²) in [6.45, 7) is 1.87. The molecular formula is C13H17N3. The Labute approximate surface area is 96.0 Å². The van der Waals surface area contributed by atoms with Crippen LogP contribution in [0.15, 0.2) is 29.3 Å². The van der Waals surface area contributed by atoms with Gasteiger partial charge in [0, 0.05) is 17.8 Å². The second-order valence-electron chi connectivity index (χ2n) is 4.74. The number of nitrogens with two attached hydrogens (primary N) is 1. The lowest BCUT2D eigenvalue weighted by molar-refractivity contribution is 0.254. The number of nitrogens with zero attached hydrogens (tertiary/aromatic N) is 2. The number of aliphatic imine (C=N–C) groups is 1. The predicted octanol–water partition coefficient (Wildman–Crippen LogP) is 1.87. The van der Waals surface area contributed by atoms with Gasteiger partial charge in [-0.1, -0.05) is 18.2 Å². The lowest BCUT2D eigenvalue weighted by Gasteiger charge is -2.40. The highest BCUT2D eigenvalue weighted by atomic mass is 15.2. The van der Waals surface area contributed by atoms with Crippen molar-refractivity contribution < 1.29 is 0 Å². The third-order valence-electron chi connectivity index (χ3n) is 3.69. The van der Waals surface area contributed by atoms with Crippen LogP contribution in [0.2, 0.25) is 0 Å². The van der Waals surface area contributed by atoms with Crippen molar-refractivity contribution in [1.82, 2.24) is 0 Å². The van der Waals surface area contributed by atoms with Gasteiger partial charge >= 0.3 is 0 Å². The quantitative estimate of drug-likeness (QED) is 0.818. The molecule has 0 bridgehead atoms. The standard InChI is InChI=1S/C13H17N3/c14-13(6-3-7-13)11-4-1-2-5-12(11)16-9-8-15-10-16/h1-2,4-5,10H,3,6-9,14H2. The zero-order valence-corrected chi connectivity index (χ0v) is 9.39. The third kappa shape index (κ3) is 1.43. The van der Waals surface area contributed by atoms with Gasteiger partial charge in [0.1, 0.15) is 0 Å². The monoisotopic (exact) mass is 215 g/mol. The first-order chi connectivity index (χ1) is 7.80. The lowest BCUT2D eigenvalue weighted by Crippen LogP contribution is -2.44. The molecule has 0 unspecified atom stereocenters. The first-order valence-electron chi connectivity index (χ1n) is 5.95. The van der Waals surface area contributed by atoms with Crippen molar-refractivity contribution in [2.45, 2.75) is 24.8 Å². The summed E-state index contributed by atoms with van der Waals surface area (Å²) in [5.41, 5.74) is 8.86. The smallest absolute Gasteiger partial charge is 0.0895 e. The molecule has 2 N–H and O–H groups in total. The van der Waals surface area contributed by atoms with Crippen molar-refractivity contribution in [3.63, 3.8) is 0 Å². The minimum absolute atomic E-state index is 0.0903. The Bertz CT molecular complexity index is 421. The minimum Gasteiger partial charge on any atom is -0.331 e. The number of benzene rings is 1. The van der Waals surface area contributed by atoms with E-state index in [-0.39, 0.29) is 5.54 Å². The Kier molecular flexibility index (Phi) is 2.21. The largest absolute Gasteiger partial charge is 0.331 e. The van der Waals surface area contributed by atoms with E-state index in [1.54, 1.807) is 0 Å². The highest BCUT2D eigenvalue weighted by Gasteiger charge is 2.36. The highest BCUT2D eigenvalue weighted by molar-refractivity contribution is 5.82. The molecule has 0 spiro atoms. The van der Waals surface area contributed by atoms with E-state index in [1.165, 1.54) is 17.7 Å². The van der Waals surface area contributed by atoms with Crippen LogP contribution in [-0.2, 0) is 5.54 Å². The van der Waals surface area contributed by atoms with Crippen LogP contribution in [0, 0.1) is 0 Å². The summed E-state index contributed by atoms with van der Waals surface area (Å²) >= 11 is 0. The van der Waals surface area contributed by atoms with Gasteiger partial charge in [-0.3, -0.25) is 4.99 Å². The van der Waals surface area contributed by atoms with Crippen molar-refractivity contribution in [3.05, 3.63) is 29.8 Å². The topological polar surface area (TPSA) is 41.6 Å². The zero-order chi connectivity index (χ0) is 11.0. The summed E-state index contributed by atoms with van der Waals surface area (Å²) in [6, 6.07) is 8.48. The molecule has 1 aromatic carbocycles. The second-order valence-corrected chi connectivity index (χ2v) is 4.74. The molecule has 84 valence electrons. The molecule has 1 aliphatic carbocycles. The number of rotatable bonds is 2. The van der Waals surface area contributed by atoms with Crippen LogP contribution in [0.25, 0.3) is 0 Å². The van der Waals surface area contributed by atoms with E-state index in [2.05, 4.69) is 34.2 Å². The molecule has 3 nitrogen and oxygen atoms in total. The molecular weight excluding hydrogens is 198 g/mol. The molecule has 2 aliphatic rings. The molecule has 1 aliphatic heterocycles. The molecule has 3 heteroatoms. The van der Waals surface area contributed by atoms with Gasteiger partial charge in [0.25, 0.3) is 0 Å². The highest BCUT2D eigenvalue weighted by Crippen LogP contribution is 2.42. The molecule has 0 saturated heterocycles. The van der Waals surface area contributed by atoms with Gasteiger partial charge in [-0.05, 0) is 30.9 Å². The number of hydrogen-bond acceptors (Lipinski definition) is 3. The molecule has 0 aromatic heterocycles. The molecule has 1 aromatic rings. The minimum atomic E-state index is -0.0903. The Balaban J connectivity index is 2.00. The fraction of sp³-hybridized carbons (Fsp3) is 0.462. The first kappa shape index (κ1) is 9.85. The maximum Gasteiger partial charge on any atom is 0.0895 e. The lowest BCUT2D eigenvalue weighted by atomic mass is 9.72. The fourth-order valence-corrected chi connectivity index (χ4v) is 2.53. The van der Waals surface area contributed by atoms with Crippen molar-refractivity contribution in [1.29, 1.82) is 0 Å². The van der Waals surface area contributed by atoms with Crippen LogP contribution >= 0.6 is 0 Å². The average molecular weight is 215 g/mol. The molecule has 0 atom stereocenters. The van der Waals surface area contributed by atoms with Crippen LogP contribution in [0.5, 0.6) is 0 Å². The normalized spacial score (nSPS) is 22.2. The summed E-state index contributed by atoms with van der Waals surface area (Å²) in [6.07, 6.45) is 5.39. The van der Waals surface area contributed by atoms with Gasteiger partial charge in [-0.2, -0.15) is 0 Å². The van der Waals surface area contributed by atoms with Crippen molar-refractivity contribution in [3.8, 4) is 0 Å². The van der Waals surface area contributed by atoms with Gasteiger partial charge in [-0.15, -0.1) is 0 Å². The van der Waals surface area contributed by atoms with Crippen LogP contribution in [0.4, 0.5) is 5.69 Å². The van der Waals surface area contributed by atoms with Gasteiger partial charge < -0.3 is 10.6 Å². The maximum atomic E-state index is 6.42. The molecule has 1 fully saturated rings. The van der Waals surface area contributed by atoms with E-state index < -0.39 is 0 Å². The van der Waals surface area contributed by atoms with Gasteiger partial charge in [0.2, 0.25) is 0 Å². The SMILES string of the molecule is NC1(c2ccccc2N2C=NCC2)CCC1. The van der Waals surface area contributed by atoms with Crippen molar-refractivity contribution >= 4 is 12.0 Å². The van der Waals surface area contributed by atoms with Crippen LogP contribution in [0.3, 0.4) is 0 Å². The summed E-state index contributed by atoms with van der Waals surface area (Å²) < 4.78 is 0.